The Morgan fingerprint density at radius 2 is 2.04 bits per heavy atom. The van der Waals surface area contributed by atoms with Gasteiger partial charge in [0.15, 0.2) is 6.61 Å². The van der Waals surface area contributed by atoms with Crippen LogP contribution in [0.4, 0.5) is 11.4 Å². The number of hydrogen-bond acceptors (Lipinski definition) is 4. The molecule has 3 amide bonds. The van der Waals surface area contributed by atoms with Gasteiger partial charge in [-0.3, -0.25) is 14.4 Å². The van der Waals surface area contributed by atoms with E-state index in [0.717, 1.165) is 0 Å². The van der Waals surface area contributed by atoms with E-state index in [9.17, 15) is 14.4 Å². The number of anilines is 2. The molecule has 0 aromatic heterocycles. The highest BCUT2D eigenvalue weighted by atomic mass is 16.5. The lowest BCUT2D eigenvalue weighted by molar-refractivity contribution is -0.132. The molecular weight excluding hydrogens is 298 g/mol. The van der Waals surface area contributed by atoms with Crippen molar-refractivity contribution < 1.29 is 19.1 Å². The van der Waals surface area contributed by atoms with E-state index in [1.807, 2.05) is 0 Å². The average molecular weight is 317 g/mol. The van der Waals surface area contributed by atoms with Crippen LogP contribution in [0.1, 0.15) is 19.8 Å². The molecule has 122 valence electrons. The van der Waals surface area contributed by atoms with Gasteiger partial charge in [0.2, 0.25) is 11.8 Å². The molecular formula is C16H19N3O4. The van der Waals surface area contributed by atoms with Gasteiger partial charge in [-0.05, 0) is 25.0 Å². The molecule has 0 radical (unpaired) electrons. The zero-order valence-electron chi connectivity index (χ0n) is 12.9. The lowest BCUT2D eigenvalue weighted by Crippen LogP contribution is -2.40. The van der Waals surface area contributed by atoms with Crippen molar-refractivity contribution in [2.75, 3.05) is 30.3 Å². The van der Waals surface area contributed by atoms with Crippen molar-refractivity contribution in [2.24, 2.45) is 5.92 Å². The number of para-hydroxylation sites is 1. The van der Waals surface area contributed by atoms with Crippen LogP contribution in [0.3, 0.4) is 0 Å². The predicted molar refractivity (Wildman–Crippen MR) is 84.2 cm³/mol. The Balaban J connectivity index is 1.67. The largest absolute Gasteiger partial charge is 0.481 e. The van der Waals surface area contributed by atoms with E-state index in [1.165, 1.54) is 0 Å². The molecule has 0 saturated carbocycles. The first-order chi connectivity index (χ1) is 11.0. The topological polar surface area (TPSA) is 87.7 Å². The number of rotatable bonds is 2. The molecule has 1 aromatic carbocycles. The first-order valence-corrected chi connectivity index (χ1v) is 7.66. The standard InChI is InChI=1S/C16H19N3O4/c1-10(20)19-7-5-11(6-8-19)16(22)17-12-3-2-4-13-15(12)18-14(21)9-23-13/h2-4,11H,5-9H2,1H3,(H,17,22)(H,18,21). The second kappa shape index (κ2) is 6.28. The monoisotopic (exact) mass is 317 g/mol. The maximum absolute atomic E-state index is 12.4. The summed E-state index contributed by atoms with van der Waals surface area (Å²) in [6, 6.07) is 5.25. The number of nitrogens with one attached hydrogen (secondary N) is 2. The predicted octanol–water partition coefficient (Wildman–Crippen LogP) is 1.21. The SMILES string of the molecule is CC(=O)N1CCC(C(=O)Nc2cccc3c2NC(=O)CO3)CC1. The molecule has 2 heterocycles. The molecule has 2 N–H and O–H groups in total. The molecule has 7 heteroatoms. The van der Waals surface area contributed by atoms with E-state index in [-0.39, 0.29) is 30.2 Å². The lowest BCUT2D eigenvalue weighted by atomic mass is 9.95. The Bertz CT molecular complexity index is 651. The molecule has 1 aromatic rings. The lowest BCUT2D eigenvalue weighted by Gasteiger charge is -2.30. The number of carbonyl (C=O) groups excluding carboxylic acids is 3. The molecule has 2 aliphatic heterocycles. The van der Waals surface area contributed by atoms with Crippen molar-refractivity contribution in [3.8, 4) is 5.75 Å². The Labute approximate surface area is 134 Å². The van der Waals surface area contributed by atoms with Crippen molar-refractivity contribution in [2.45, 2.75) is 19.8 Å². The summed E-state index contributed by atoms with van der Waals surface area (Å²) in [4.78, 5) is 37.0. The van der Waals surface area contributed by atoms with Gasteiger partial charge in [0.25, 0.3) is 5.91 Å². The highest BCUT2D eigenvalue weighted by Crippen LogP contribution is 2.35. The van der Waals surface area contributed by atoms with Crippen molar-refractivity contribution in [3.63, 3.8) is 0 Å². The number of piperidine rings is 1. The second-order valence-corrected chi connectivity index (χ2v) is 5.79. The van der Waals surface area contributed by atoms with Gasteiger partial charge in [-0.2, -0.15) is 0 Å². The minimum atomic E-state index is -0.242. The van der Waals surface area contributed by atoms with Crippen LogP contribution < -0.4 is 15.4 Å². The summed E-state index contributed by atoms with van der Waals surface area (Å²) < 4.78 is 5.34. The zero-order chi connectivity index (χ0) is 16.4. The third-order valence-corrected chi connectivity index (χ3v) is 4.22. The number of carbonyl (C=O) groups is 3. The molecule has 1 saturated heterocycles. The molecule has 7 nitrogen and oxygen atoms in total. The van der Waals surface area contributed by atoms with Crippen LogP contribution in [0.25, 0.3) is 0 Å². The number of amides is 3. The summed E-state index contributed by atoms with van der Waals surface area (Å²) in [6.45, 7) is 2.72. The molecule has 0 atom stereocenters. The highest BCUT2D eigenvalue weighted by molar-refractivity contribution is 6.03. The summed E-state index contributed by atoms with van der Waals surface area (Å²) >= 11 is 0. The Morgan fingerprint density at radius 3 is 2.74 bits per heavy atom. The molecule has 0 spiro atoms. The Hall–Kier alpha value is -2.57. The maximum atomic E-state index is 12.4. The fourth-order valence-electron chi connectivity index (χ4n) is 2.89. The number of ether oxygens (including phenoxy) is 1. The van der Waals surface area contributed by atoms with Crippen LogP contribution in [0.2, 0.25) is 0 Å². The van der Waals surface area contributed by atoms with E-state index in [0.29, 0.717) is 43.1 Å². The van der Waals surface area contributed by atoms with Crippen molar-refractivity contribution in [1.29, 1.82) is 0 Å². The quantitative estimate of drug-likeness (QED) is 0.858. The normalized spacial score (nSPS) is 17.8. The van der Waals surface area contributed by atoms with Crippen LogP contribution >= 0.6 is 0 Å². The molecule has 23 heavy (non-hydrogen) atoms. The molecule has 3 rings (SSSR count). The first-order valence-electron chi connectivity index (χ1n) is 7.66. The van der Waals surface area contributed by atoms with Crippen molar-refractivity contribution in [3.05, 3.63) is 18.2 Å². The first kappa shape index (κ1) is 15.3. The van der Waals surface area contributed by atoms with Crippen LogP contribution in [-0.4, -0.2) is 42.3 Å². The van der Waals surface area contributed by atoms with Gasteiger partial charge in [0, 0.05) is 25.9 Å². The summed E-state index contributed by atoms with van der Waals surface area (Å²) in [5.74, 6) is 0.117. The number of hydrogen-bond donors (Lipinski definition) is 2. The van der Waals surface area contributed by atoms with E-state index in [2.05, 4.69) is 10.6 Å². The summed E-state index contributed by atoms with van der Waals surface area (Å²) in [7, 11) is 0. The number of nitrogens with zero attached hydrogens (tertiary/aromatic N) is 1. The second-order valence-electron chi connectivity index (χ2n) is 5.79. The minimum absolute atomic E-state index is 0.0199. The van der Waals surface area contributed by atoms with E-state index in [4.69, 9.17) is 4.74 Å². The molecule has 2 aliphatic rings. The van der Waals surface area contributed by atoms with E-state index < -0.39 is 0 Å². The van der Waals surface area contributed by atoms with Gasteiger partial charge in [-0.15, -0.1) is 0 Å². The van der Waals surface area contributed by atoms with E-state index >= 15 is 0 Å². The summed E-state index contributed by atoms with van der Waals surface area (Å²) in [5, 5.41) is 5.59. The van der Waals surface area contributed by atoms with Crippen LogP contribution in [0.15, 0.2) is 18.2 Å². The Morgan fingerprint density at radius 1 is 1.30 bits per heavy atom. The summed E-state index contributed by atoms with van der Waals surface area (Å²) in [6.07, 6.45) is 1.28. The Kier molecular flexibility index (Phi) is 4.18. The average Bonchev–Trinajstić information content (AvgIpc) is 2.55. The van der Waals surface area contributed by atoms with Gasteiger partial charge in [0.05, 0.1) is 5.69 Å². The van der Waals surface area contributed by atoms with Crippen LogP contribution in [0, 0.1) is 5.92 Å². The fourth-order valence-corrected chi connectivity index (χ4v) is 2.89. The molecule has 0 unspecified atom stereocenters. The fraction of sp³-hybridized carbons (Fsp3) is 0.438. The summed E-state index contributed by atoms with van der Waals surface area (Å²) in [5.41, 5.74) is 1.04. The highest BCUT2D eigenvalue weighted by Gasteiger charge is 2.27. The van der Waals surface area contributed by atoms with Gasteiger partial charge in [-0.25, -0.2) is 0 Å². The van der Waals surface area contributed by atoms with Crippen LogP contribution in [-0.2, 0) is 14.4 Å². The maximum Gasteiger partial charge on any atom is 0.262 e. The third kappa shape index (κ3) is 3.28. The minimum Gasteiger partial charge on any atom is -0.481 e. The molecule has 1 fully saturated rings. The van der Waals surface area contributed by atoms with Gasteiger partial charge in [-0.1, -0.05) is 6.07 Å². The zero-order valence-corrected chi connectivity index (χ0v) is 12.9. The third-order valence-electron chi connectivity index (χ3n) is 4.22. The van der Waals surface area contributed by atoms with E-state index in [1.54, 1.807) is 30.0 Å². The molecule has 0 bridgehead atoms. The van der Waals surface area contributed by atoms with Gasteiger partial charge in [0.1, 0.15) is 11.4 Å². The van der Waals surface area contributed by atoms with Gasteiger partial charge < -0.3 is 20.3 Å². The van der Waals surface area contributed by atoms with Gasteiger partial charge >= 0.3 is 0 Å². The number of likely N-dealkylation sites (tertiary alicyclic amines) is 1. The number of benzene rings is 1. The van der Waals surface area contributed by atoms with Crippen LogP contribution in [0.5, 0.6) is 5.75 Å². The van der Waals surface area contributed by atoms with Crippen molar-refractivity contribution in [1.82, 2.24) is 4.90 Å². The number of fused-ring (bicyclic) bond motifs is 1. The van der Waals surface area contributed by atoms with Crippen molar-refractivity contribution >= 4 is 29.1 Å². The smallest absolute Gasteiger partial charge is 0.262 e. The molecule has 0 aliphatic carbocycles.